The van der Waals surface area contributed by atoms with Crippen LogP contribution in [-0.2, 0) is 0 Å². The lowest BCUT2D eigenvalue weighted by Gasteiger charge is -2.11. The molecule has 238 valence electrons. The molecule has 0 aliphatic rings. The Bertz CT molecular complexity index is 2900. The highest BCUT2D eigenvalue weighted by Gasteiger charge is 2.19. The SMILES string of the molecule is c1ccc(-c2ccc3cc(-c4nc(-c5ccccc5)nc(-c5cc(-c6ccccc6)c6c(c5)oc5cc7ccccc7cc56)n4)ccc3c2)cc1. The van der Waals surface area contributed by atoms with Crippen molar-refractivity contribution >= 4 is 43.5 Å². The number of aromatic nitrogens is 3. The summed E-state index contributed by atoms with van der Waals surface area (Å²) in [5.41, 5.74) is 8.91. The molecule has 0 unspecified atom stereocenters. The van der Waals surface area contributed by atoms with Gasteiger partial charge in [-0.3, -0.25) is 0 Å². The summed E-state index contributed by atoms with van der Waals surface area (Å²) in [5, 5.41) is 6.77. The van der Waals surface area contributed by atoms with E-state index in [2.05, 4.69) is 133 Å². The molecule has 0 aliphatic carbocycles. The van der Waals surface area contributed by atoms with Crippen LogP contribution in [0.15, 0.2) is 180 Å². The van der Waals surface area contributed by atoms with Crippen molar-refractivity contribution < 1.29 is 4.42 Å². The fourth-order valence-corrected chi connectivity index (χ4v) is 7.11. The van der Waals surface area contributed by atoms with Gasteiger partial charge in [-0.25, -0.2) is 15.0 Å². The van der Waals surface area contributed by atoms with Gasteiger partial charge in [0.25, 0.3) is 0 Å². The lowest BCUT2D eigenvalue weighted by molar-refractivity contribution is 0.669. The van der Waals surface area contributed by atoms with E-state index in [-0.39, 0.29) is 0 Å². The first-order valence-corrected chi connectivity index (χ1v) is 17.1. The largest absolute Gasteiger partial charge is 0.456 e. The molecule has 0 amide bonds. The van der Waals surface area contributed by atoms with Gasteiger partial charge in [-0.2, -0.15) is 0 Å². The van der Waals surface area contributed by atoms with Crippen LogP contribution < -0.4 is 0 Å². The van der Waals surface area contributed by atoms with Crippen molar-refractivity contribution in [3.05, 3.63) is 176 Å². The van der Waals surface area contributed by atoms with Crippen molar-refractivity contribution in [1.82, 2.24) is 15.0 Å². The van der Waals surface area contributed by atoms with Gasteiger partial charge in [0, 0.05) is 27.5 Å². The molecule has 0 fully saturated rings. The second-order valence-corrected chi connectivity index (χ2v) is 12.9. The average molecular weight is 652 g/mol. The van der Waals surface area contributed by atoms with Crippen LogP contribution in [0.3, 0.4) is 0 Å². The molecule has 0 aliphatic heterocycles. The molecule has 8 aromatic carbocycles. The summed E-state index contributed by atoms with van der Waals surface area (Å²) in [4.78, 5) is 15.3. The third-order valence-electron chi connectivity index (χ3n) is 9.66. The molecule has 4 nitrogen and oxygen atoms in total. The maximum Gasteiger partial charge on any atom is 0.164 e. The van der Waals surface area contributed by atoms with Crippen molar-refractivity contribution in [2.45, 2.75) is 0 Å². The van der Waals surface area contributed by atoms with E-state index in [4.69, 9.17) is 19.4 Å². The summed E-state index contributed by atoms with van der Waals surface area (Å²) >= 11 is 0. The number of hydrogen-bond donors (Lipinski definition) is 0. The normalized spacial score (nSPS) is 11.5. The summed E-state index contributed by atoms with van der Waals surface area (Å²) in [6.45, 7) is 0. The molecule has 0 bridgehead atoms. The Balaban J connectivity index is 1.17. The van der Waals surface area contributed by atoms with Crippen LogP contribution in [0, 0.1) is 0 Å². The topological polar surface area (TPSA) is 51.8 Å². The number of nitrogens with zero attached hydrogens (tertiary/aromatic N) is 3. The quantitative estimate of drug-likeness (QED) is 0.186. The summed E-state index contributed by atoms with van der Waals surface area (Å²) in [5.74, 6) is 1.82. The molecular formula is C47H29N3O. The van der Waals surface area contributed by atoms with Crippen molar-refractivity contribution in [2.24, 2.45) is 0 Å². The van der Waals surface area contributed by atoms with Gasteiger partial charge in [-0.05, 0) is 80.2 Å². The first kappa shape index (κ1) is 29.0. The minimum atomic E-state index is 0.586. The highest BCUT2D eigenvalue weighted by molar-refractivity contribution is 6.16. The Morgan fingerprint density at radius 1 is 0.314 bits per heavy atom. The molecular weight excluding hydrogens is 623 g/mol. The smallest absolute Gasteiger partial charge is 0.164 e. The second-order valence-electron chi connectivity index (χ2n) is 12.9. The minimum Gasteiger partial charge on any atom is -0.456 e. The molecule has 0 radical (unpaired) electrons. The molecule has 51 heavy (non-hydrogen) atoms. The van der Waals surface area contributed by atoms with Gasteiger partial charge < -0.3 is 4.42 Å². The summed E-state index contributed by atoms with van der Waals surface area (Å²) < 4.78 is 6.63. The molecule has 4 heteroatoms. The summed E-state index contributed by atoms with van der Waals surface area (Å²) in [6, 6.07) is 61.1. The van der Waals surface area contributed by atoms with Crippen LogP contribution in [0.4, 0.5) is 0 Å². The lowest BCUT2D eigenvalue weighted by Crippen LogP contribution is -2.00. The Morgan fingerprint density at radius 2 is 0.824 bits per heavy atom. The molecule has 0 atom stereocenters. The van der Waals surface area contributed by atoms with Crippen molar-refractivity contribution in [2.75, 3.05) is 0 Å². The first-order chi connectivity index (χ1) is 25.2. The zero-order valence-electron chi connectivity index (χ0n) is 27.5. The van der Waals surface area contributed by atoms with E-state index in [1.54, 1.807) is 0 Å². The van der Waals surface area contributed by atoms with Crippen LogP contribution in [0.1, 0.15) is 0 Å². The van der Waals surface area contributed by atoms with Crippen molar-refractivity contribution in [3.8, 4) is 56.4 Å². The monoisotopic (exact) mass is 651 g/mol. The highest BCUT2D eigenvalue weighted by atomic mass is 16.3. The average Bonchev–Trinajstić information content (AvgIpc) is 3.57. The van der Waals surface area contributed by atoms with Crippen molar-refractivity contribution in [3.63, 3.8) is 0 Å². The van der Waals surface area contributed by atoms with Gasteiger partial charge in [-0.15, -0.1) is 0 Å². The maximum atomic E-state index is 6.63. The zero-order valence-corrected chi connectivity index (χ0v) is 27.5. The molecule has 10 aromatic rings. The van der Waals surface area contributed by atoms with E-state index in [0.717, 1.165) is 65.9 Å². The lowest BCUT2D eigenvalue weighted by atomic mass is 9.96. The van der Waals surface area contributed by atoms with Gasteiger partial charge in [-0.1, -0.05) is 140 Å². The first-order valence-electron chi connectivity index (χ1n) is 17.1. The number of benzene rings is 8. The van der Waals surface area contributed by atoms with Gasteiger partial charge in [0.1, 0.15) is 11.2 Å². The molecule has 0 N–H and O–H groups in total. The zero-order chi connectivity index (χ0) is 33.7. The highest BCUT2D eigenvalue weighted by Crippen LogP contribution is 2.41. The second kappa shape index (κ2) is 11.9. The van der Waals surface area contributed by atoms with Crippen LogP contribution >= 0.6 is 0 Å². The predicted octanol–water partition coefficient (Wildman–Crippen LogP) is 12.4. The third kappa shape index (κ3) is 5.22. The molecule has 2 heterocycles. The fourth-order valence-electron chi connectivity index (χ4n) is 7.11. The molecule has 2 aromatic heterocycles. The van der Waals surface area contributed by atoms with E-state index in [1.807, 2.05) is 42.5 Å². The van der Waals surface area contributed by atoms with E-state index < -0.39 is 0 Å². The minimum absolute atomic E-state index is 0.586. The third-order valence-corrected chi connectivity index (χ3v) is 9.66. The Labute approximate surface area is 294 Å². The van der Waals surface area contributed by atoms with Gasteiger partial charge in [0.2, 0.25) is 0 Å². The molecule has 0 spiro atoms. The van der Waals surface area contributed by atoms with E-state index in [1.165, 1.54) is 16.5 Å². The Morgan fingerprint density at radius 3 is 1.51 bits per heavy atom. The number of fused-ring (bicyclic) bond motifs is 5. The Hall–Kier alpha value is -6.91. The van der Waals surface area contributed by atoms with E-state index in [9.17, 15) is 0 Å². The maximum absolute atomic E-state index is 6.63. The standard InChI is InChI=1S/C47H29N3O/c1-4-12-30(13-5-1)35-20-21-37-25-38(23-22-36(37)24-35)46-48-45(32-16-8-3-9-17-32)49-47(50-46)39-27-40(31-14-6-2-7-15-31)44-41-26-33-18-10-11-19-34(33)28-42(41)51-43(44)29-39/h1-29H. The molecule has 10 rings (SSSR count). The summed E-state index contributed by atoms with van der Waals surface area (Å²) in [6.07, 6.45) is 0. The fraction of sp³-hybridized carbons (Fsp3) is 0. The van der Waals surface area contributed by atoms with Crippen LogP contribution in [0.25, 0.3) is 99.9 Å². The number of hydrogen-bond acceptors (Lipinski definition) is 4. The van der Waals surface area contributed by atoms with Crippen molar-refractivity contribution in [1.29, 1.82) is 0 Å². The predicted molar refractivity (Wildman–Crippen MR) is 209 cm³/mol. The van der Waals surface area contributed by atoms with E-state index in [0.29, 0.717) is 17.5 Å². The van der Waals surface area contributed by atoms with Gasteiger partial charge in [0.05, 0.1) is 0 Å². The van der Waals surface area contributed by atoms with Crippen LogP contribution in [0.2, 0.25) is 0 Å². The molecule has 0 saturated carbocycles. The van der Waals surface area contributed by atoms with Crippen LogP contribution in [-0.4, -0.2) is 15.0 Å². The van der Waals surface area contributed by atoms with Gasteiger partial charge >= 0.3 is 0 Å². The number of rotatable bonds is 5. The summed E-state index contributed by atoms with van der Waals surface area (Å²) in [7, 11) is 0. The number of furan rings is 1. The van der Waals surface area contributed by atoms with Crippen LogP contribution in [0.5, 0.6) is 0 Å². The van der Waals surface area contributed by atoms with Gasteiger partial charge in [0.15, 0.2) is 17.5 Å². The Kier molecular flexibility index (Phi) is 6.78. The molecule has 0 saturated heterocycles. The van der Waals surface area contributed by atoms with E-state index >= 15 is 0 Å².